The molecule has 25 heavy (non-hydrogen) atoms. The molecule has 0 spiro atoms. The average Bonchev–Trinajstić information content (AvgIpc) is 3.20. The largest absolute Gasteiger partial charge is 0.477 e. The second kappa shape index (κ2) is 7.33. The van der Waals surface area contributed by atoms with Crippen molar-refractivity contribution in [1.82, 2.24) is 9.55 Å². The first-order valence-electron chi connectivity index (χ1n) is 7.50. The minimum Gasteiger partial charge on any atom is -0.477 e. The number of halogens is 2. The fraction of sp³-hybridized carbons (Fsp3) is 0.176. The lowest BCUT2D eigenvalue weighted by Crippen LogP contribution is -2.16. The summed E-state index contributed by atoms with van der Waals surface area (Å²) in [6, 6.07) is 8.77. The molecule has 0 amide bonds. The van der Waals surface area contributed by atoms with Gasteiger partial charge in [0.25, 0.3) is 0 Å². The molecule has 0 saturated heterocycles. The highest BCUT2D eigenvalue weighted by atomic mass is 35.5. The first kappa shape index (κ1) is 18.2. The van der Waals surface area contributed by atoms with Crippen LogP contribution in [0.4, 0.5) is 0 Å². The van der Waals surface area contributed by atoms with E-state index in [1.54, 1.807) is 16.7 Å². The summed E-state index contributed by atoms with van der Waals surface area (Å²) >= 11 is 19.0. The van der Waals surface area contributed by atoms with Crippen LogP contribution in [0.25, 0.3) is 10.6 Å². The third-order valence-electron chi connectivity index (χ3n) is 3.93. The summed E-state index contributed by atoms with van der Waals surface area (Å²) in [5, 5.41) is 12.6. The summed E-state index contributed by atoms with van der Waals surface area (Å²) in [6.07, 6.45) is 0.647. The summed E-state index contributed by atoms with van der Waals surface area (Å²) in [7, 11) is 0. The summed E-state index contributed by atoms with van der Waals surface area (Å²) in [5.41, 5.74) is 1.52. The Balaban J connectivity index is 2.22. The van der Waals surface area contributed by atoms with Crippen LogP contribution in [0.5, 0.6) is 0 Å². The number of aromatic nitrogens is 2. The van der Waals surface area contributed by atoms with Crippen LogP contribution in [0.15, 0.2) is 35.7 Å². The van der Waals surface area contributed by atoms with Crippen LogP contribution in [-0.4, -0.2) is 20.6 Å². The standard InChI is InChI=1S/C17H14Cl2N2O2S2/c1-2-12(9-5-6-10(18)11(19)8-9)21-15(16(22)23)14(20-17(21)24)13-4-3-7-25-13/h3-8,12H,2H2,1H3,(H,20,24)(H,22,23). The summed E-state index contributed by atoms with van der Waals surface area (Å²) in [5.74, 6) is -1.03. The Hall–Kier alpha value is -1.60. The van der Waals surface area contributed by atoms with E-state index < -0.39 is 5.97 Å². The van der Waals surface area contributed by atoms with Gasteiger partial charge in [-0.1, -0.05) is 42.3 Å². The molecule has 3 rings (SSSR count). The number of hydrogen-bond acceptors (Lipinski definition) is 3. The van der Waals surface area contributed by atoms with Crippen molar-refractivity contribution in [1.29, 1.82) is 0 Å². The number of aromatic amines is 1. The molecule has 2 aromatic heterocycles. The second-order valence-corrected chi connectivity index (χ2v) is 7.55. The van der Waals surface area contributed by atoms with Crippen molar-refractivity contribution < 1.29 is 9.90 Å². The maximum absolute atomic E-state index is 12.0. The molecule has 0 aliphatic carbocycles. The molecule has 0 bridgehead atoms. The van der Waals surface area contributed by atoms with Crippen LogP contribution in [0.1, 0.15) is 35.4 Å². The minimum atomic E-state index is -1.03. The number of aromatic carboxylic acids is 1. The van der Waals surface area contributed by atoms with E-state index in [1.807, 2.05) is 30.5 Å². The molecule has 0 radical (unpaired) electrons. The van der Waals surface area contributed by atoms with Crippen molar-refractivity contribution in [3.05, 3.63) is 61.8 Å². The van der Waals surface area contributed by atoms with E-state index in [1.165, 1.54) is 11.3 Å². The normalized spacial score (nSPS) is 12.3. The van der Waals surface area contributed by atoms with Crippen LogP contribution in [0, 0.1) is 4.77 Å². The van der Waals surface area contributed by atoms with Crippen molar-refractivity contribution >= 4 is 52.7 Å². The van der Waals surface area contributed by atoms with E-state index in [4.69, 9.17) is 35.4 Å². The zero-order valence-corrected chi connectivity index (χ0v) is 16.3. The molecule has 0 saturated carbocycles. The average molecular weight is 413 g/mol. The Morgan fingerprint density at radius 1 is 1.36 bits per heavy atom. The maximum Gasteiger partial charge on any atom is 0.354 e. The summed E-state index contributed by atoms with van der Waals surface area (Å²) in [6.45, 7) is 1.97. The molecule has 2 N–H and O–H groups in total. The molecule has 130 valence electrons. The molecule has 0 aliphatic heterocycles. The summed E-state index contributed by atoms with van der Waals surface area (Å²) in [4.78, 5) is 15.9. The zero-order valence-electron chi connectivity index (χ0n) is 13.1. The topological polar surface area (TPSA) is 58.0 Å². The quantitative estimate of drug-likeness (QED) is 0.484. The summed E-state index contributed by atoms with van der Waals surface area (Å²) < 4.78 is 2.01. The van der Waals surface area contributed by atoms with E-state index in [-0.39, 0.29) is 11.7 Å². The Labute approximate surface area is 163 Å². The molecular formula is C17H14Cl2N2O2S2. The van der Waals surface area contributed by atoms with Gasteiger partial charge in [0.05, 0.1) is 26.7 Å². The van der Waals surface area contributed by atoms with Gasteiger partial charge in [-0.05, 0) is 47.8 Å². The zero-order chi connectivity index (χ0) is 18.1. The molecule has 3 aromatic rings. The molecule has 4 nitrogen and oxygen atoms in total. The molecule has 1 aromatic carbocycles. The Bertz CT molecular complexity index is 977. The minimum absolute atomic E-state index is 0.144. The van der Waals surface area contributed by atoms with Gasteiger partial charge in [-0.2, -0.15) is 0 Å². The fourth-order valence-electron chi connectivity index (χ4n) is 2.84. The van der Waals surface area contributed by atoms with Gasteiger partial charge in [-0.3, -0.25) is 0 Å². The third kappa shape index (κ3) is 3.40. The van der Waals surface area contributed by atoms with Crippen LogP contribution in [-0.2, 0) is 0 Å². The predicted octanol–water partition coefficient (Wildman–Crippen LogP) is 6.28. The monoisotopic (exact) mass is 412 g/mol. The van der Waals surface area contributed by atoms with E-state index >= 15 is 0 Å². The van der Waals surface area contributed by atoms with Crippen molar-refractivity contribution in [2.24, 2.45) is 0 Å². The van der Waals surface area contributed by atoms with Crippen LogP contribution in [0.2, 0.25) is 10.0 Å². The van der Waals surface area contributed by atoms with E-state index in [0.717, 1.165) is 10.4 Å². The molecule has 8 heteroatoms. The molecule has 2 heterocycles. The van der Waals surface area contributed by atoms with E-state index in [2.05, 4.69) is 4.98 Å². The van der Waals surface area contributed by atoms with Gasteiger partial charge < -0.3 is 14.7 Å². The third-order valence-corrected chi connectivity index (χ3v) is 5.85. The van der Waals surface area contributed by atoms with E-state index in [9.17, 15) is 9.90 Å². The molecule has 0 aliphatic rings. The fourth-order valence-corrected chi connectivity index (χ4v) is 4.20. The number of nitrogens with one attached hydrogen (secondary N) is 1. The number of thiophene rings is 1. The first-order chi connectivity index (χ1) is 11.9. The Morgan fingerprint density at radius 3 is 2.68 bits per heavy atom. The van der Waals surface area contributed by atoms with Crippen LogP contribution >= 0.6 is 46.8 Å². The number of carboxylic acid groups (broad SMARTS) is 1. The van der Waals surface area contributed by atoms with Gasteiger partial charge in [-0.25, -0.2) is 4.79 Å². The predicted molar refractivity (Wildman–Crippen MR) is 105 cm³/mol. The highest BCUT2D eigenvalue weighted by molar-refractivity contribution is 7.71. The van der Waals surface area contributed by atoms with Gasteiger partial charge in [-0.15, -0.1) is 11.3 Å². The molecule has 1 unspecified atom stereocenters. The van der Waals surface area contributed by atoms with Crippen molar-refractivity contribution in [3.63, 3.8) is 0 Å². The van der Waals surface area contributed by atoms with Crippen LogP contribution in [0.3, 0.4) is 0 Å². The highest BCUT2D eigenvalue weighted by Gasteiger charge is 2.26. The SMILES string of the molecule is CCC(c1ccc(Cl)c(Cl)c1)n1c(C(=O)O)c(-c2cccs2)[nH]c1=S. The molecule has 0 fully saturated rings. The van der Waals surface area contributed by atoms with Gasteiger partial charge in [0, 0.05) is 0 Å². The Kier molecular flexibility index (Phi) is 5.34. The smallest absolute Gasteiger partial charge is 0.354 e. The van der Waals surface area contributed by atoms with Crippen molar-refractivity contribution in [2.75, 3.05) is 0 Å². The molecule has 1 atom stereocenters. The number of rotatable bonds is 5. The van der Waals surface area contributed by atoms with Gasteiger partial charge in [0.2, 0.25) is 0 Å². The highest BCUT2D eigenvalue weighted by Crippen LogP contribution is 2.34. The van der Waals surface area contributed by atoms with Gasteiger partial charge >= 0.3 is 5.97 Å². The Morgan fingerprint density at radius 2 is 2.12 bits per heavy atom. The lowest BCUT2D eigenvalue weighted by molar-refractivity contribution is 0.0684. The number of H-pyrrole nitrogens is 1. The number of carbonyl (C=O) groups is 1. The number of nitrogens with zero attached hydrogens (tertiary/aromatic N) is 1. The number of hydrogen-bond donors (Lipinski definition) is 2. The number of carboxylic acids is 1. The number of benzene rings is 1. The van der Waals surface area contributed by atoms with Crippen molar-refractivity contribution in [2.45, 2.75) is 19.4 Å². The maximum atomic E-state index is 12.0. The number of imidazole rings is 1. The van der Waals surface area contributed by atoms with E-state index in [0.29, 0.717) is 26.9 Å². The first-order valence-corrected chi connectivity index (χ1v) is 9.55. The van der Waals surface area contributed by atoms with Gasteiger partial charge in [0.1, 0.15) is 0 Å². The van der Waals surface area contributed by atoms with Crippen LogP contribution < -0.4 is 0 Å². The van der Waals surface area contributed by atoms with Crippen molar-refractivity contribution in [3.8, 4) is 10.6 Å². The molecular weight excluding hydrogens is 399 g/mol. The lowest BCUT2D eigenvalue weighted by Gasteiger charge is -2.19. The van der Waals surface area contributed by atoms with Gasteiger partial charge in [0.15, 0.2) is 10.5 Å². The lowest BCUT2D eigenvalue weighted by atomic mass is 10.0. The second-order valence-electron chi connectivity index (χ2n) is 5.40.